The quantitative estimate of drug-likeness (QED) is 0.517. The lowest BCUT2D eigenvalue weighted by molar-refractivity contribution is -0.119. The molecule has 0 radical (unpaired) electrons. The summed E-state index contributed by atoms with van der Waals surface area (Å²) in [7, 11) is 1.45. The number of methoxy groups -OCH3 is 1. The van der Waals surface area contributed by atoms with Crippen LogP contribution in [0.5, 0.6) is 5.75 Å². The van der Waals surface area contributed by atoms with Crippen molar-refractivity contribution in [3.05, 3.63) is 60.3 Å². The number of carbonyl (C=O) groups is 3. The number of nitrogens with zero attached hydrogens (tertiary/aromatic N) is 1. The molecule has 154 valence electrons. The number of nitrogens with one attached hydrogen (secondary N) is 3. The smallest absolute Gasteiger partial charge is 0.356 e. The van der Waals surface area contributed by atoms with Gasteiger partial charge in [-0.3, -0.25) is 14.7 Å². The monoisotopic (exact) mass is 408 g/mol. The van der Waals surface area contributed by atoms with E-state index in [2.05, 4.69) is 20.8 Å². The highest BCUT2D eigenvalue weighted by Crippen LogP contribution is 2.27. The van der Waals surface area contributed by atoms with Crippen LogP contribution in [-0.4, -0.2) is 41.7 Å². The summed E-state index contributed by atoms with van der Waals surface area (Å²) in [6, 6.07) is 15.7. The summed E-state index contributed by atoms with van der Waals surface area (Å²) < 4.78 is 10.2. The molecule has 3 N–H and O–H groups in total. The molecule has 3 aromatic rings. The number of ether oxygens (including phenoxy) is 2. The van der Waals surface area contributed by atoms with Crippen LogP contribution >= 0.6 is 0 Å². The summed E-state index contributed by atoms with van der Waals surface area (Å²) in [5, 5.41) is 11.9. The van der Waals surface area contributed by atoms with Gasteiger partial charge in [0.25, 0.3) is 5.91 Å². The predicted molar refractivity (Wildman–Crippen MR) is 110 cm³/mol. The maximum Gasteiger partial charge on any atom is 0.356 e. The normalized spacial score (nSPS) is 10.2. The van der Waals surface area contributed by atoms with E-state index in [0.29, 0.717) is 22.8 Å². The molecular formula is C21H20N4O5. The molecule has 0 saturated heterocycles. The van der Waals surface area contributed by atoms with E-state index in [0.717, 1.165) is 5.56 Å². The van der Waals surface area contributed by atoms with Gasteiger partial charge in [-0.1, -0.05) is 30.3 Å². The fourth-order valence-electron chi connectivity index (χ4n) is 2.66. The van der Waals surface area contributed by atoms with E-state index in [9.17, 15) is 14.4 Å². The number of carbonyl (C=O) groups excluding carboxylic acids is 3. The van der Waals surface area contributed by atoms with Gasteiger partial charge in [-0.15, -0.1) is 0 Å². The summed E-state index contributed by atoms with van der Waals surface area (Å²) in [6.07, 6.45) is 0. The van der Waals surface area contributed by atoms with Crippen molar-refractivity contribution in [2.75, 3.05) is 24.4 Å². The molecule has 0 spiro atoms. The highest BCUT2D eigenvalue weighted by atomic mass is 16.5. The van der Waals surface area contributed by atoms with E-state index in [1.165, 1.54) is 14.0 Å². The lowest BCUT2D eigenvalue weighted by atomic mass is 10.1. The fourth-order valence-corrected chi connectivity index (χ4v) is 2.66. The standard InChI is InChI=1S/C21H20N4O5/c1-13(26)22-15-8-9-19(29-2)17(10-15)23-20(27)12-30-21(28)18-11-16(24-25-18)14-6-4-3-5-7-14/h3-11H,12H2,1-2H3,(H,22,26)(H,23,27)(H,24,25). The summed E-state index contributed by atoms with van der Waals surface area (Å²) >= 11 is 0. The van der Waals surface area contributed by atoms with Crippen molar-refractivity contribution < 1.29 is 23.9 Å². The summed E-state index contributed by atoms with van der Waals surface area (Å²) in [5.41, 5.74) is 2.38. The molecule has 0 aliphatic carbocycles. The molecule has 30 heavy (non-hydrogen) atoms. The molecule has 9 nitrogen and oxygen atoms in total. The molecule has 2 amide bonds. The van der Waals surface area contributed by atoms with Crippen molar-refractivity contribution >= 4 is 29.2 Å². The minimum absolute atomic E-state index is 0.131. The number of aromatic nitrogens is 2. The van der Waals surface area contributed by atoms with E-state index in [1.54, 1.807) is 24.3 Å². The maximum atomic E-state index is 12.2. The third-order valence-electron chi connectivity index (χ3n) is 4.00. The average Bonchev–Trinajstić information content (AvgIpc) is 3.23. The number of aromatic amines is 1. The number of benzene rings is 2. The van der Waals surface area contributed by atoms with Gasteiger partial charge in [0.15, 0.2) is 6.61 Å². The van der Waals surface area contributed by atoms with E-state index in [4.69, 9.17) is 9.47 Å². The molecule has 1 aromatic heterocycles. The van der Waals surface area contributed by atoms with Gasteiger partial charge in [0, 0.05) is 18.2 Å². The number of amides is 2. The maximum absolute atomic E-state index is 12.2. The number of hydrogen-bond donors (Lipinski definition) is 3. The van der Waals surface area contributed by atoms with Crippen molar-refractivity contribution in [1.29, 1.82) is 0 Å². The molecule has 0 atom stereocenters. The van der Waals surface area contributed by atoms with Crippen molar-refractivity contribution in [1.82, 2.24) is 10.2 Å². The second-order valence-corrected chi connectivity index (χ2v) is 6.25. The van der Waals surface area contributed by atoms with E-state index < -0.39 is 18.5 Å². The molecule has 0 fully saturated rings. The Hall–Kier alpha value is -4.14. The lowest BCUT2D eigenvalue weighted by Crippen LogP contribution is -2.21. The Morgan fingerprint density at radius 3 is 2.50 bits per heavy atom. The molecular weight excluding hydrogens is 388 g/mol. The van der Waals surface area contributed by atoms with Crippen LogP contribution in [0.15, 0.2) is 54.6 Å². The lowest BCUT2D eigenvalue weighted by Gasteiger charge is -2.12. The van der Waals surface area contributed by atoms with Crippen LogP contribution in [0, 0.1) is 0 Å². The zero-order valence-corrected chi connectivity index (χ0v) is 16.4. The van der Waals surface area contributed by atoms with Gasteiger partial charge < -0.3 is 20.1 Å². The number of hydrogen-bond acceptors (Lipinski definition) is 6. The first-order valence-electron chi connectivity index (χ1n) is 8.99. The molecule has 9 heteroatoms. The fraction of sp³-hybridized carbons (Fsp3) is 0.143. The highest BCUT2D eigenvalue weighted by molar-refractivity contribution is 5.97. The zero-order valence-electron chi connectivity index (χ0n) is 16.4. The second-order valence-electron chi connectivity index (χ2n) is 6.25. The molecule has 0 aliphatic heterocycles. The Morgan fingerprint density at radius 2 is 1.80 bits per heavy atom. The van der Waals surface area contributed by atoms with E-state index in [1.807, 2.05) is 30.3 Å². The molecule has 3 rings (SSSR count). The van der Waals surface area contributed by atoms with Crippen LogP contribution in [-0.2, 0) is 14.3 Å². The van der Waals surface area contributed by atoms with Crippen LogP contribution in [0.1, 0.15) is 17.4 Å². The average molecular weight is 408 g/mol. The second kappa shape index (κ2) is 9.37. The molecule has 0 aliphatic rings. The molecule has 2 aromatic carbocycles. The molecule has 0 saturated carbocycles. The minimum Gasteiger partial charge on any atom is -0.495 e. The van der Waals surface area contributed by atoms with Crippen LogP contribution < -0.4 is 15.4 Å². The van der Waals surface area contributed by atoms with Crippen molar-refractivity contribution in [2.24, 2.45) is 0 Å². The van der Waals surface area contributed by atoms with E-state index >= 15 is 0 Å². The van der Waals surface area contributed by atoms with Gasteiger partial charge in [0.2, 0.25) is 5.91 Å². The zero-order chi connectivity index (χ0) is 21.5. The van der Waals surface area contributed by atoms with Gasteiger partial charge >= 0.3 is 5.97 Å². The predicted octanol–water partition coefficient (Wildman–Crippen LogP) is 2.84. The van der Waals surface area contributed by atoms with Crippen molar-refractivity contribution in [3.63, 3.8) is 0 Å². The van der Waals surface area contributed by atoms with Gasteiger partial charge in [-0.25, -0.2) is 4.79 Å². The summed E-state index contributed by atoms with van der Waals surface area (Å²) in [5.74, 6) is -1.13. The van der Waals surface area contributed by atoms with E-state index in [-0.39, 0.29) is 11.6 Å². The number of H-pyrrole nitrogens is 1. The van der Waals surface area contributed by atoms with Gasteiger partial charge in [0.1, 0.15) is 11.4 Å². The third kappa shape index (κ3) is 5.22. The van der Waals surface area contributed by atoms with Gasteiger partial charge in [0.05, 0.1) is 18.5 Å². The Balaban J connectivity index is 1.60. The van der Waals surface area contributed by atoms with Crippen LogP contribution in [0.2, 0.25) is 0 Å². The highest BCUT2D eigenvalue weighted by Gasteiger charge is 2.15. The Bertz CT molecular complexity index is 1060. The summed E-state index contributed by atoms with van der Waals surface area (Å²) in [4.78, 5) is 35.6. The van der Waals surface area contributed by atoms with Crippen LogP contribution in [0.3, 0.4) is 0 Å². The van der Waals surface area contributed by atoms with Crippen molar-refractivity contribution in [3.8, 4) is 17.0 Å². The number of rotatable bonds is 7. The van der Waals surface area contributed by atoms with Crippen LogP contribution in [0.4, 0.5) is 11.4 Å². The molecule has 1 heterocycles. The number of anilines is 2. The SMILES string of the molecule is COc1ccc(NC(C)=O)cc1NC(=O)COC(=O)c1cc(-c2ccccc2)n[nH]1. The number of esters is 1. The molecule has 0 unspecified atom stereocenters. The van der Waals surface area contributed by atoms with Crippen molar-refractivity contribution in [2.45, 2.75) is 6.92 Å². The Kier molecular flexibility index (Phi) is 6.43. The van der Waals surface area contributed by atoms with Gasteiger partial charge in [-0.05, 0) is 24.3 Å². The van der Waals surface area contributed by atoms with Gasteiger partial charge in [-0.2, -0.15) is 5.10 Å². The minimum atomic E-state index is -0.709. The Morgan fingerprint density at radius 1 is 1.03 bits per heavy atom. The molecule has 0 bridgehead atoms. The largest absolute Gasteiger partial charge is 0.495 e. The Labute approximate surface area is 172 Å². The summed E-state index contributed by atoms with van der Waals surface area (Å²) in [6.45, 7) is 0.868. The first-order valence-corrected chi connectivity index (χ1v) is 8.99. The van der Waals surface area contributed by atoms with Crippen LogP contribution in [0.25, 0.3) is 11.3 Å². The first kappa shape index (κ1) is 20.6. The topological polar surface area (TPSA) is 122 Å². The third-order valence-corrected chi connectivity index (χ3v) is 4.00. The first-order chi connectivity index (χ1) is 14.5.